The van der Waals surface area contributed by atoms with Crippen LogP contribution in [0.25, 0.3) is 0 Å². The predicted octanol–water partition coefficient (Wildman–Crippen LogP) is 1.50. The van der Waals surface area contributed by atoms with Crippen molar-refractivity contribution in [2.45, 2.75) is 12.8 Å². The summed E-state index contributed by atoms with van der Waals surface area (Å²) in [6, 6.07) is 8.08. The fraction of sp³-hybridized carbons (Fsp3) is 0.294. The lowest BCUT2D eigenvalue weighted by molar-refractivity contribution is 0.0635. The van der Waals surface area contributed by atoms with E-state index in [1.807, 2.05) is 0 Å². The van der Waals surface area contributed by atoms with Crippen molar-refractivity contribution in [2.24, 2.45) is 5.92 Å². The summed E-state index contributed by atoms with van der Waals surface area (Å²) >= 11 is 0. The quantitative estimate of drug-likeness (QED) is 0.871. The molecule has 0 unspecified atom stereocenters. The molecule has 6 heteroatoms. The molecule has 3 rings (SSSR count). The van der Waals surface area contributed by atoms with Crippen molar-refractivity contribution in [3.63, 3.8) is 0 Å². The molecule has 118 valence electrons. The van der Waals surface area contributed by atoms with Gasteiger partial charge in [-0.1, -0.05) is 6.07 Å². The number of H-pyrrole nitrogens is 1. The van der Waals surface area contributed by atoms with E-state index in [4.69, 9.17) is 0 Å². The predicted molar refractivity (Wildman–Crippen MR) is 84.3 cm³/mol. The maximum atomic E-state index is 12.5. The number of pyridine rings is 2. The lowest BCUT2D eigenvalue weighted by Crippen LogP contribution is -2.42. The number of nitrogens with zero attached hydrogens (tertiary/aromatic N) is 2. The van der Waals surface area contributed by atoms with Crippen LogP contribution in [-0.4, -0.2) is 39.6 Å². The summed E-state index contributed by atoms with van der Waals surface area (Å²) in [5, 5.41) is 0. The number of rotatable bonds is 3. The Labute approximate surface area is 133 Å². The number of carbonyl (C=O) groups is 2. The highest BCUT2D eigenvalue weighted by Crippen LogP contribution is 2.21. The van der Waals surface area contributed by atoms with Crippen LogP contribution in [0.1, 0.15) is 33.7 Å². The van der Waals surface area contributed by atoms with E-state index < -0.39 is 0 Å². The molecule has 1 fully saturated rings. The number of amides is 1. The molecule has 1 aliphatic heterocycles. The fourth-order valence-electron chi connectivity index (χ4n) is 2.82. The van der Waals surface area contributed by atoms with Crippen LogP contribution in [0, 0.1) is 5.92 Å². The maximum Gasteiger partial charge on any atom is 0.255 e. The minimum absolute atomic E-state index is 0.0235. The number of carbonyl (C=O) groups excluding carboxylic acids is 2. The van der Waals surface area contributed by atoms with Gasteiger partial charge in [0.2, 0.25) is 5.56 Å². The maximum absolute atomic E-state index is 12.5. The van der Waals surface area contributed by atoms with E-state index in [1.165, 1.54) is 18.3 Å². The molecule has 0 radical (unpaired) electrons. The molecule has 2 aromatic rings. The molecule has 0 spiro atoms. The minimum atomic E-state index is -0.247. The van der Waals surface area contributed by atoms with Gasteiger partial charge in [-0.3, -0.25) is 19.4 Å². The van der Waals surface area contributed by atoms with Gasteiger partial charge in [0, 0.05) is 37.5 Å². The van der Waals surface area contributed by atoms with Crippen LogP contribution in [0.15, 0.2) is 47.5 Å². The smallest absolute Gasteiger partial charge is 0.255 e. The zero-order valence-electron chi connectivity index (χ0n) is 12.6. The van der Waals surface area contributed by atoms with Crippen LogP contribution < -0.4 is 5.56 Å². The number of piperidine rings is 1. The lowest BCUT2D eigenvalue weighted by Gasteiger charge is -2.31. The average Bonchev–Trinajstić information content (AvgIpc) is 2.62. The molecule has 6 nitrogen and oxygen atoms in total. The van der Waals surface area contributed by atoms with Crippen LogP contribution in [0.4, 0.5) is 0 Å². The fourth-order valence-corrected chi connectivity index (χ4v) is 2.82. The first-order chi connectivity index (χ1) is 11.1. The zero-order chi connectivity index (χ0) is 16.2. The van der Waals surface area contributed by atoms with E-state index in [1.54, 1.807) is 29.3 Å². The minimum Gasteiger partial charge on any atom is -0.338 e. The molecule has 1 saturated heterocycles. The summed E-state index contributed by atoms with van der Waals surface area (Å²) in [5.41, 5.74) is 0.620. The number of Topliss-reactive ketones (excluding diaryl/α,β-unsaturated/α-hetero) is 1. The van der Waals surface area contributed by atoms with Crippen LogP contribution in [0.2, 0.25) is 0 Å². The van der Waals surface area contributed by atoms with Crippen molar-refractivity contribution in [3.05, 3.63) is 64.3 Å². The van der Waals surface area contributed by atoms with Crippen LogP contribution >= 0.6 is 0 Å². The van der Waals surface area contributed by atoms with E-state index in [0.29, 0.717) is 24.3 Å². The summed E-state index contributed by atoms with van der Waals surface area (Å²) in [6.07, 6.45) is 4.54. The average molecular weight is 311 g/mol. The Hall–Kier alpha value is -2.76. The van der Waals surface area contributed by atoms with E-state index in [9.17, 15) is 14.4 Å². The molecule has 2 aromatic heterocycles. The molecule has 0 aromatic carbocycles. The molecule has 1 amide bonds. The van der Waals surface area contributed by atoms with Gasteiger partial charge in [0.25, 0.3) is 5.91 Å². The molecular formula is C17H17N3O3. The summed E-state index contributed by atoms with van der Waals surface area (Å²) in [5.74, 6) is -0.422. The van der Waals surface area contributed by atoms with Gasteiger partial charge in [0.05, 0.1) is 5.56 Å². The summed E-state index contributed by atoms with van der Waals surface area (Å²) in [7, 11) is 0. The Bertz CT molecular complexity index is 750. The normalized spacial score (nSPS) is 17.7. The van der Waals surface area contributed by atoms with Crippen molar-refractivity contribution >= 4 is 11.7 Å². The number of nitrogens with one attached hydrogen (secondary N) is 1. The van der Waals surface area contributed by atoms with Crippen LogP contribution in [0.3, 0.4) is 0 Å². The molecule has 1 atom stereocenters. The molecular weight excluding hydrogens is 294 g/mol. The van der Waals surface area contributed by atoms with Crippen molar-refractivity contribution in [2.75, 3.05) is 13.1 Å². The number of aromatic amines is 1. The Balaban J connectivity index is 1.73. The second kappa shape index (κ2) is 6.56. The third kappa shape index (κ3) is 3.36. The first-order valence-corrected chi connectivity index (χ1v) is 7.58. The van der Waals surface area contributed by atoms with Crippen molar-refractivity contribution in [3.8, 4) is 0 Å². The summed E-state index contributed by atoms with van der Waals surface area (Å²) in [4.78, 5) is 44.3. The van der Waals surface area contributed by atoms with Crippen molar-refractivity contribution in [1.29, 1.82) is 0 Å². The van der Waals surface area contributed by atoms with Gasteiger partial charge in [-0.2, -0.15) is 0 Å². The summed E-state index contributed by atoms with van der Waals surface area (Å²) in [6.45, 7) is 0.997. The molecule has 3 heterocycles. The van der Waals surface area contributed by atoms with Crippen LogP contribution in [-0.2, 0) is 0 Å². The van der Waals surface area contributed by atoms with Gasteiger partial charge >= 0.3 is 0 Å². The van der Waals surface area contributed by atoms with Gasteiger partial charge < -0.3 is 9.88 Å². The number of hydrogen-bond donors (Lipinski definition) is 1. The van der Waals surface area contributed by atoms with Gasteiger partial charge in [-0.25, -0.2) is 0 Å². The van der Waals surface area contributed by atoms with E-state index in [2.05, 4.69) is 9.97 Å². The van der Waals surface area contributed by atoms with Gasteiger partial charge in [0.15, 0.2) is 5.78 Å². The Morgan fingerprint density at radius 3 is 2.78 bits per heavy atom. The zero-order valence-corrected chi connectivity index (χ0v) is 12.6. The van der Waals surface area contributed by atoms with E-state index in [-0.39, 0.29) is 23.2 Å². The Kier molecular flexibility index (Phi) is 4.32. The number of ketones is 1. The highest BCUT2D eigenvalue weighted by molar-refractivity contribution is 5.98. The number of aromatic nitrogens is 2. The largest absolute Gasteiger partial charge is 0.338 e. The molecule has 0 aliphatic carbocycles. The third-order valence-corrected chi connectivity index (χ3v) is 4.03. The van der Waals surface area contributed by atoms with Gasteiger partial charge in [-0.05, 0) is 31.0 Å². The molecule has 1 aliphatic rings. The third-order valence-electron chi connectivity index (χ3n) is 4.03. The van der Waals surface area contributed by atoms with Crippen LogP contribution in [0.5, 0.6) is 0 Å². The van der Waals surface area contributed by atoms with Gasteiger partial charge in [0.1, 0.15) is 5.69 Å². The SMILES string of the molecule is O=C(c1ccccn1)[C@@H]1CCCN(C(=O)c2ccc(=O)[nH]c2)C1. The first-order valence-electron chi connectivity index (χ1n) is 7.58. The first kappa shape index (κ1) is 15.1. The second-order valence-electron chi connectivity index (χ2n) is 5.61. The molecule has 23 heavy (non-hydrogen) atoms. The Morgan fingerprint density at radius 2 is 2.09 bits per heavy atom. The van der Waals surface area contributed by atoms with E-state index in [0.717, 1.165) is 12.8 Å². The van der Waals surface area contributed by atoms with E-state index >= 15 is 0 Å². The number of hydrogen-bond acceptors (Lipinski definition) is 4. The van der Waals surface area contributed by atoms with Crippen molar-refractivity contribution < 1.29 is 9.59 Å². The molecule has 1 N–H and O–H groups in total. The second-order valence-corrected chi connectivity index (χ2v) is 5.61. The van der Waals surface area contributed by atoms with Gasteiger partial charge in [-0.15, -0.1) is 0 Å². The molecule has 0 saturated carbocycles. The lowest BCUT2D eigenvalue weighted by atomic mass is 9.91. The number of likely N-dealkylation sites (tertiary alicyclic amines) is 1. The van der Waals surface area contributed by atoms with Crippen molar-refractivity contribution in [1.82, 2.24) is 14.9 Å². The Morgan fingerprint density at radius 1 is 1.22 bits per heavy atom. The monoisotopic (exact) mass is 311 g/mol. The molecule has 0 bridgehead atoms. The summed E-state index contributed by atoms with van der Waals surface area (Å²) < 4.78 is 0. The topological polar surface area (TPSA) is 83.1 Å². The highest BCUT2D eigenvalue weighted by atomic mass is 16.2. The highest BCUT2D eigenvalue weighted by Gasteiger charge is 2.30. The standard InChI is InChI=1S/C17H17N3O3/c21-15-7-6-12(10-19-15)17(23)20-9-3-4-13(11-20)16(22)14-5-1-2-8-18-14/h1-2,5-8,10,13H,3-4,9,11H2,(H,19,21)/t13-/m1/s1.